The average Bonchev–Trinajstić information content (AvgIpc) is 3.11. The van der Waals surface area contributed by atoms with Crippen molar-refractivity contribution in [2.24, 2.45) is 0 Å². The van der Waals surface area contributed by atoms with Crippen LogP contribution < -0.4 is 15.2 Å². The Hall–Kier alpha value is -2.97. The standard InChI is InChI=1S/C18H24N6O3/c1-12-13(2)20-11-24(18(12)26)10-17(25)23-6-5-14(9-23)27-16-8-19-7-15(21-16)22(3)4/h7-8,11,14H,5-6,9-10H2,1-4H3/t14-/m0/s1. The lowest BCUT2D eigenvalue weighted by molar-refractivity contribution is -0.131. The van der Waals surface area contributed by atoms with Crippen LogP contribution in [0.5, 0.6) is 5.88 Å². The lowest BCUT2D eigenvalue weighted by atomic mass is 10.3. The highest BCUT2D eigenvalue weighted by Gasteiger charge is 2.28. The van der Waals surface area contributed by atoms with Crippen molar-refractivity contribution < 1.29 is 9.53 Å². The number of anilines is 1. The van der Waals surface area contributed by atoms with Crippen molar-refractivity contribution in [3.63, 3.8) is 0 Å². The Kier molecular flexibility index (Phi) is 5.38. The number of likely N-dealkylation sites (tertiary alicyclic amines) is 1. The Bertz CT molecular complexity index is 895. The number of nitrogens with zero attached hydrogens (tertiary/aromatic N) is 6. The Morgan fingerprint density at radius 3 is 2.85 bits per heavy atom. The fourth-order valence-corrected chi connectivity index (χ4v) is 2.87. The van der Waals surface area contributed by atoms with Gasteiger partial charge in [0.1, 0.15) is 12.6 Å². The van der Waals surface area contributed by atoms with Gasteiger partial charge in [-0.05, 0) is 13.8 Å². The predicted molar refractivity (Wildman–Crippen MR) is 99.9 cm³/mol. The molecule has 0 saturated carbocycles. The number of hydrogen-bond acceptors (Lipinski definition) is 7. The molecule has 3 heterocycles. The minimum atomic E-state index is -0.182. The van der Waals surface area contributed by atoms with E-state index in [-0.39, 0.29) is 24.1 Å². The summed E-state index contributed by atoms with van der Waals surface area (Å²) in [6.07, 6.45) is 5.22. The third kappa shape index (κ3) is 4.24. The van der Waals surface area contributed by atoms with Gasteiger partial charge in [-0.15, -0.1) is 0 Å². The van der Waals surface area contributed by atoms with Crippen LogP contribution in [0.15, 0.2) is 23.5 Å². The van der Waals surface area contributed by atoms with Crippen LogP contribution in [-0.4, -0.2) is 63.6 Å². The molecule has 9 nitrogen and oxygen atoms in total. The number of aromatic nitrogens is 4. The Labute approximate surface area is 157 Å². The normalized spacial score (nSPS) is 16.4. The molecule has 1 amide bonds. The summed E-state index contributed by atoms with van der Waals surface area (Å²) in [5.41, 5.74) is 1.06. The van der Waals surface area contributed by atoms with Crippen molar-refractivity contribution in [2.45, 2.75) is 32.9 Å². The smallest absolute Gasteiger partial charge is 0.256 e. The van der Waals surface area contributed by atoms with E-state index < -0.39 is 0 Å². The van der Waals surface area contributed by atoms with Crippen LogP contribution in [0.2, 0.25) is 0 Å². The third-order valence-electron chi connectivity index (χ3n) is 4.66. The van der Waals surface area contributed by atoms with Crippen LogP contribution in [0.1, 0.15) is 17.7 Å². The molecule has 1 fully saturated rings. The summed E-state index contributed by atoms with van der Waals surface area (Å²) in [5, 5.41) is 0. The Morgan fingerprint density at radius 1 is 1.33 bits per heavy atom. The lowest BCUT2D eigenvalue weighted by Crippen LogP contribution is -2.37. The van der Waals surface area contributed by atoms with Gasteiger partial charge in [-0.1, -0.05) is 0 Å². The van der Waals surface area contributed by atoms with Gasteiger partial charge in [0.15, 0.2) is 5.82 Å². The molecule has 2 aromatic heterocycles. The summed E-state index contributed by atoms with van der Waals surface area (Å²) < 4.78 is 7.23. The zero-order valence-corrected chi connectivity index (χ0v) is 16.0. The minimum Gasteiger partial charge on any atom is -0.471 e. The quantitative estimate of drug-likeness (QED) is 0.750. The van der Waals surface area contributed by atoms with Gasteiger partial charge in [0, 0.05) is 38.3 Å². The number of aryl methyl sites for hydroxylation is 1. The first-order valence-electron chi connectivity index (χ1n) is 8.81. The van der Waals surface area contributed by atoms with E-state index in [1.165, 1.54) is 10.9 Å². The monoisotopic (exact) mass is 372 g/mol. The van der Waals surface area contributed by atoms with Crippen molar-refractivity contribution in [1.29, 1.82) is 0 Å². The zero-order valence-electron chi connectivity index (χ0n) is 16.0. The summed E-state index contributed by atoms with van der Waals surface area (Å²) in [4.78, 5) is 41.0. The largest absolute Gasteiger partial charge is 0.471 e. The molecule has 1 atom stereocenters. The van der Waals surface area contributed by atoms with E-state index in [9.17, 15) is 9.59 Å². The number of carbonyl (C=O) groups is 1. The topological polar surface area (TPSA) is 93.4 Å². The molecule has 0 bridgehead atoms. The van der Waals surface area contributed by atoms with Crippen molar-refractivity contribution in [2.75, 3.05) is 32.1 Å². The molecule has 0 N–H and O–H groups in total. The highest BCUT2D eigenvalue weighted by atomic mass is 16.5. The first kappa shape index (κ1) is 18.8. The number of hydrogen-bond donors (Lipinski definition) is 0. The van der Waals surface area contributed by atoms with Crippen molar-refractivity contribution in [3.05, 3.63) is 40.3 Å². The van der Waals surface area contributed by atoms with Gasteiger partial charge >= 0.3 is 0 Å². The van der Waals surface area contributed by atoms with Crippen molar-refractivity contribution in [1.82, 2.24) is 24.4 Å². The number of rotatable bonds is 5. The van der Waals surface area contributed by atoms with Crippen LogP contribution in [-0.2, 0) is 11.3 Å². The molecular weight excluding hydrogens is 348 g/mol. The van der Waals surface area contributed by atoms with E-state index >= 15 is 0 Å². The van der Waals surface area contributed by atoms with Gasteiger partial charge < -0.3 is 14.5 Å². The number of amides is 1. The van der Waals surface area contributed by atoms with E-state index in [0.717, 1.165) is 0 Å². The summed E-state index contributed by atoms with van der Waals surface area (Å²) in [6.45, 7) is 4.51. The molecule has 9 heteroatoms. The molecular formula is C18H24N6O3. The van der Waals surface area contributed by atoms with Gasteiger partial charge in [-0.2, -0.15) is 4.98 Å². The van der Waals surface area contributed by atoms with Crippen molar-refractivity contribution in [3.8, 4) is 5.88 Å². The molecule has 0 spiro atoms. The average molecular weight is 372 g/mol. The molecule has 2 aromatic rings. The zero-order chi connectivity index (χ0) is 19.6. The fraction of sp³-hybridized carbons (Fsp3) is 0.500. The van der Waals surface area contributed by atoms with E-state index in [1.54, 1.807) is 31.1 Å². The van der Waals surface area contributed by atoms with E-state index in [2.05, 4.69) is 15.0 Å². The first-order chi connectivity index (χ1) is 12.8. The van der Waals surface area contributed by atoms with Gasteiger partial charge in [0.2, 0.25) is 11.8 Å². The highest BCUT2D eigenvalue weighted by molar-refractivity contribution is 5.76. The molecule has 0 aliphatic carbocycles. The summed E-state index contributed by atoms with van der Waals surface area (Å²) in [7, 11) is 3.76. The molecule has 0 aromatic carbocycles. The fourth-order valence-electron chi connectivity index (χ4n) is 2.87. The summed E-state index contributed by atoms with van der Waals surface area (Å²) >= 11 is 0. The van der Waals surface area contributed by atoms with Crippen LogP contribution in [0.3, 0.4) is 0 Å². The molecule has 144 valence electrons. The maximum atomic E-state index is 12.6. The van der Waals surface area contributed by atoms with Crippen LogP contribution in [0.25, 0.3) is 0 Å². The van der Waals surface area contributed by atoms with Gasteiger partial charge in [0.05, 0.1) is 25.3 Å². The molecule has 0 unspecified atom stereocenters. The molecule has 27 heavy (non-hydrogen) atoms. The van der Waals surface area contributed by atoms with Gasteiger partial charge in [-0.3, -0.25) is 19.1 Å². The molecule has 0 radical (unpaired) electrons. The SMILES string of the molecule is Cc1ncn(CC(=O)N2CC[C@H](Oc3cncc(N(C)C)n3)C2)c(=O)c1C. The number of ether oxygens (including phenoxy) is 1. The van der Waals surface area contributed by atoms with Crippen LogP contribution in [0, 0.1) is 13.8 Å². The van der Waals surface area contributed by atoms with Crippen molar-refractivity contribution >= 4 is 11.7 Å². The molecule has 1 aliphatic heterocycles. The van der Waals surface area contributed by atoms with E-state index in [1.807, 2.05) is 19.0 Å². The minimum absolute atomic E-state index is 0.0183. The van der Waals surface area contributed by atoms with Crippen LogP contribution in [0.4, 0.5) is 5.82 Å². The number of carbonyl (C=O) groups excluding carboxylic acids is 1. The predicted octanol–water partition coefficient (Wildman–Crippen LogP) is 0.396. The second-order valence-corrected chi connectivity index (χ2v) is 6.87. The molecule has 1 saturated heterocycles. The summed E-state index contributed by atoms with van der Waals surface area (Å²) in [6, 6.07) is 0. The first-order valence-corrected chi connectivity index (χ1v) is 8.81. The molecule has 3 rings (SSSR count). The van der Waals surface area contributed by atoms with Gasteiger partial charge in [0.25, 0.3) is 5.56 Å². The molecule has 1 aliphatic rings. The summed E-state index contributed by atoms with van der Waals surface area (Å²) in [5.74, 6) is 1.02. The Balaban J connectivity index is 1.61. The maximum absolute atomic E-state index is 12.6. The lowest BCUT2D eigenvalue weighted by Gasteiger charge is -2.18. The van der Waals surface area contributed by atoms with Crippen LogP contribution >= 0.6 is 0 Å². The third-order valence-corrected chi connectivity index (χ3v) is 4.66. The highest BCUT2D eigenvalue weighted by Crippen LogP contribution is 2.18. The van der Waals surface area contributed by atoms with Gasteiger partial charge in [-0.25, -0.2) is 4.98 Å². The second kappa shape index (κ2) is 7.73. The maximum Gasteiger partial charge on any atom is 0.256 e. The second-order valence-electron chi connectivity index (χ2n) is 6.87. The Morgan fingerprint density at radius 2 is 2.11 bits per heavy atom. The van der Waals surface area contributed by atoms with E-state index in [4.69, 9.17) is 4.74 Å². The van der Waals surface area contributed by atoms with E-state index in [0.29, 0.717) is 42.5 Å².